The van der Waals surface area contributed by atoms with Crippen molar-refractivity contribution >= 4 is 27.5 Å². The average Bonchev–Trinajstić information content (AvgIpc) is 3.18. The minimum absolute atomic E-state index is 0.00300. The van der Waals surface area contributed by atoms with E-state index in [1.54, 1.807) is 34.4 Å². The second-order valence-electron chi connectivity index (χ2n) is 8.63. The molecule has 1 aromatic carbocycles. The van der Waals surface area contributed by atoms with E-state index < -0.39 is 0 Å². The number of fused-ring (bicyclic) bond motifs is 3. The third-order valence-electron chi connectivity index (χ3n) is 6.72. The molecule has 3 aromatic rings. The number of phenols is 1. The summed E-state index contributed by atoms with van der Waals surface area (Å²) >= 11 is 1.66. The minimum atomic E-state index is 0.00300. The molecule has 2 aromatic heterocycles. The molecule has 0 atom stereocenters. The van der Waals surface area contributed by atoms with Gasteiger partial charge < -0.3 is 10.0 Å². The lowest BCUT2D eigenvalue weighted by atomic mass is 9.89. The van der Waals surface area contributed by atoms with Crippen molar-refractivity contribution < 1.29 is 9.90 Å². The van der Waals surface area contributed by atoms with Gasteiger partial charge in [-0.15, -0.1) is 11.3 Å². The molecule has 3 heterocycles. The van der Waals surface area contributed by atoms with Crippen molar-refractivity contribution in [1.82, 2.24) is 14.5 Å². The molecule has 5 rings (SSSR count). The van der Waals surface area contributed by atoms with Crippen LogP contribution in [0.5, 0.6) is 5.75 Å². The summed E-state index contributed by atoms with van der Waals surface area (Å²) in [6.45, 7) is 1.84. The fourth-order valence-electron chi connectivity index (χ4n) is 4.92. The van der Waals surface area contributed by atoms with Gasteiger partial charge in [-0.3, -0.25) is 14.2 Å². The Labute approximate surface area is 185 Å². The quantitative estimate of drug-likeness (QED) is 0.673. The summed E-state index contributed by atoms with van der Waals surface area (Å²) < 4.78 is 1.62. The summed E-state index contributed by atoms with van der Waals surface area (Å²) in [6.07, 6.45) is 8.10. The molecule has 2 aliphatic rings. The van der Waals surface area contributed by atoms with Crippen LogP contribution in [0.1, 0.15) is 54.0 Å². The van der Waals surface area contributed by atoms with E-state index in [0.29, 0.717) is 18.9 Å². The molecule has 0 unspecified atom stereocenters. The Hall–Kier alpha value is -2.67. The van der Waals surface area contributed by atoms with Crippen molar-refractivity contribution in [3.05, 3.63) is 57.0 Å². The largest absolute Gasteiger partial charge is 0.508 e. The predicted molar refractivity (Wildman–Crippen MR) is 122 cm³/mol. The van der Waals surface area contributed by atoms with Gasteiger partial charge in [0.05, 0.1) is 11.7 Å². The Kier molecular flexibility index (Phi) is 5.52. The van der Waals surface area contributed by atoms with E-state index in [2.05, 4.69) is 4.98 Å². The Morgan fingerprint density at radius 3 is 2.65 bits per heavy atom. The molecule has 31 heavy (non-hydrogen) atoms. The van der Waals surface area contributed by atoms with Gasteiger partial charge in [0.15, 0.2) is 0 Å². The highest BCUT2D eigenvalue weighted by Crippen LogP contribution is 2.33. The lowest BCUT2D eigenvalue weighted by Gasteiger charge is -2.32. The van der Waals surface area contributed by atoms with Gasteiger partial charge in [-0.25, -0.2) is 4.98 Å². The van der Waals surface area contributed by atoms with Crippen LogP contribution in [-0.2, 0) is 24.2 Å². The number of aromatic hydroxyl groups is 1. The molecule has 0 bridgehead atoms. The zero-order valence-corrected chi connectivity index (χ0v) is 18.4. The Morgan fingerprint density at radius 1 is 1.13 bits per heavy atom. The molecule has 1 fully saturated rings. The Morgan fingerprint density at radius 2 is 1.87 bits per heavy atom. The number of carbonyl (C=O) groups is 1. The first-order valence-corrected chi connectivity index (χ1v) is 12.0. The third-order valence-corrected chi connectivity index (χ3v) is 7.92. The Balaban J connectivity index is 1.22. The molecule has 1 amide bonds. The van der Waals surface area contributed by atoms with E-state index in [0.717, 1.165) is 55.4 Å². The zero-order valence-electron chi connectivity index (χ0n) is 17.5. The monoisotopic (exact) mass is 437 g/mol. The molecule has 162 valence electrons. The number of thiophene rings is 1. The number of aryl methyl sites for hydroxylation is 3. The maximum atomic E-state index is 13.1. The van der Waals surface area contributed by atoms with Crippen molar-refractivity contribution in [2.75, 3.05) is 13.1 Å². The number of likely N-dealkylation sites (tertiary alicyclic amines) is 1. The minimum Gasteiger partial charge on any atom is -0.508 e. The fraction of sp³-hybridized carbons (Fsp3) is 0.458. The number of phenolic OH excluding ortho intramolecular Hbond substituents is 1. The number of hydrogen-bond acceptors (Lipinski definition) is 5. The first-order valence-electron chi connectivity index (χ1n) is 11.2. The highest BCUT2D eigenvalue weighted by molar-refractivity contribution is 7.18. The van der Waals surface area contributed by atoms with E-state index in [9.17, 15) is 14.7 Å². The lowest BCUT2D eigenvalue weighted by Crippen LogP contribution is -2.38. The van der Waals surface area contributed by atoms with Crippen LogP contribution in [0.4, 0.5) is 0 Å². The summed E-state index contributed by atoms with van der Waals surface area (Å²) in [7, 11) is 0. The SMILES string of the molecule is O=C(CCn1cnc2sc3c(c2c1=O)CCCC3)N1CCC(c2ccc(O)cc2)CC1. The van der Waals surface area contributed by atoms with Crippen LogP contribution in [0, 0.1) is 0 Å². The molecule has 1 aliphatic carbocycles. The summed E-state index contributed by atoms with van der Waals surface area (Å²) in [5, 5.41) is 10.2. The molecule has 1 aliphatic heterocycles. The van der Waals surface area contributed by atoms with Crippen molar-refractivity contribution in [2.45, 2.75) is 57.4 Å². The van der Waals surface area contributed by atoms with Gasteiger partial charge in [0.25, 0.3) is 5.56 Å². The predicted octanol–water partition coefficient (Wildman–Crippen LogP) is 3.84. The van der Waals surface area contributed by atoms with Crippen LogP contribution in [0.3, 0.4) is 0 Å². The van der Waals surface area contributed by atoms with Crippen LogP contribution in [0.25, 0.3) is 10.2 Å². The van der Waals surface area contributed by atoms with Crippen LogP contribution >= 0.6 is 11.3 Å². The van der Waals surface area contributed by atoms with Gasteiger partial charge in [0.1, 0.15) is 10.6 Å². The van der Waals surface area contributed by atoms with Crippen LogP contribution in [0.2, 0.25) is 0 Å². The van der Waals surface area contributed by atoms with Crippen molar-refractivity contribution in [2.24, 2.45) is 0 Å². The maximum absolute atomic E-state index is 13.1. The lowest BCUT2D eigenvalue weighted by molar-refractivity contribution is -0.132. The summed E-state index contributed by atoms with van der Waals surface area (Å²) in [6, 6.07) is 7.38. The topological polar surface area (TPSA) is 75.4 Å². The Bertz CT molecular complexity index is 1160. The van der Waals surface area contributed by atoms with E-state index in [1.807, 2.05) is 17.0 Å². The third kappa shape index (κ3) is 3.99. The fourth-order valence-corrected chi connectivity index (χ4v) is 6.14. The smallest absolute Gasteiger partial charge is 0.262 e. The second kappa shape index (κ2) is 8.46. The molecule has 1 N–H and O–H groups in total. The molecular weight excluding hydrogens is 410 g/mol. The highest BCUT2D eigenvalue weighted by atomic mass is 32.1. The van der Waals surface area contributed by atoms with E-state index in [1.165, 1.54) is 22.4 Å². The van der Waals surface area contributed by atoms with Gasteiger partial charge in [0, 0.05) is 30.9 Å². The van der Waals surface area contributed by atoms with E-state index in [-0.39, 0.29) is 17.2 Å². The number of amides is 1. The summed E-state index contributed by atoms with van der Waals surface area (Å²) in [5.74, 6) is 0.800. The van der Waals surface area contributed by atoms with Gasteiger partial charge >= 0.3 is 0 Å². The molecule has 6 nitrogen and oxygen atoms in total. The molecule has 0 saturated carbocycles. The van der Waals surface area contributed by atoms with Crippen molar-refractivity contribution in [3.63, 3.8) is 0 Å². The molecule has 0 spiro atoms. The number of rotatable bonds is 4. The standard InChI is InChI=1S/C24H27N3O3S/c28-18-7-5-16(6-8-18)17-9-12-26(13-10-17)21(29)11-14-27-15-25-23-22(24(27)30)19-3-1-2-4-20(19)31-23/h5-8,15,17,28H,1-4,9-14H2. The summed E-state index contributed by atoms with van der Waals surface area (Å²) in [5.41, 5.74) is 2.42. The molecular formula is C24H27N3O3S. The maximum Gasteiger partial charge on any atom is 0.262 e. The van der Waals surface area contributed by atoms with E-state index >= 15 is 0 Å². The summed E-state index contributed by atoms with van der Waals surface area (Å²) in [4.78, 5) is 34.4. The first kappa shape index (κ1) is 20.2. The van der Waals surface area contributed by atoms with Crippen molar-refractivity contribution in [1.29, 1.82) is 0 Å². The first-order chi connectivity index (χ1) is 15.1. The van der Waals surface area contributed by atoms with Gasteiger partial charge in [-0.1, -0.05) is 12.1 Å². The molecule has 0 radical (unpaired) electrons. The highest BCUT2D eigenvalue weighted by Gasteiger charge is 2.24. The number of nitrogens with zero attached hydrogens (tertiary/aromatic N) is 3. The normalized spacial score (nSPS) is 17.1. The van der Waals surface area contributed by atoms with Crippen LogP contribution < -0.4 is 5.56 Å². The van der Waals surface area contributed by atoms with Crippen LogP contribution in [-0.4, -0.2) is 38.6 Å². The molecule has 7 heteroatoms. The van der Waals surface area contributed by atoms with Crippen molar-refractivity contribution in [3.8, 4) is 5.75 Å². The molecule has 1 saturated heterocycles. The number of aromatic nitrogens is 2. The number of benzene rings is 1. The zero-order chi connectivity index (χ0) is 21.4. The van der Waals surface area contributed by atoms with E-state index in [4.69, 9.17) is 0 Å². The van der Waals surface area contributed by atoms with Gasteiger partial charge in [-0.05, 0) is 67.7 Å². The number of carbonyl (C=O) groups excluding carboxylic acids is 1. The number of piperidine rings is 1. The number of hydrogen-bond donors (Lipinski definition) is 1. The second-order valence-corrected chi connectivity index (χ2v) is 9.71. The average molecular weight is 438 g/mol. The van der Waals surface area contributed by atoms with Gasteiger partial charge in [-0.2, -0.15) is 0 Å². The van der Waals surface area contributed by atoms with Crippen LogP contribution in [0.15, 0.2) is 35.4 Å². The van der Waals surface area contributed by atoms with Gasteiger partial charge in [0.2, 0.25) is 5.91 Å².